The van der Waals surface area contributed by atoms with Gasteiger partial charge in [0.15, 0.2) is 0 Å². The fourth-order valence-electron chi connectivity index (χ4n) is 3.33. The highest BCUT2D eigenvalue weighted by Gasteiger charge is 2.29. The third kappa shape index (κ3) is 5.44. The number of sulfonamides is 1. The van der Waals surface area contributed by atoms with Gasteiger partial charge >= 0.3 is 0 Å². The summed E-state index contributed by atoms with van der Waals surface area (Å²) in [6.07, 6.45) is 5.23. The lowest BCUT2D eigenvalue weighted by Crippen LogP contribution is -2.44. The van der Waals surface area contributed by atoms with Gasteiger partial charge in [-0.2, -0.15) is 4.31 Å². The molecule has 6 nitrogen and oxygen atoms in total. The molecule has 0 saturated heterocycles. The second kappa shape index (κ2) is 9.20. The van der Waals surface area contributed by atoms with Crippen molar-refractivity contribution in [1.29, 1.82) is 0 Å². The van der Waals surface area contributed by atoms with Gasteiger partial charge in [0, 0.05) is 24.7 Å². The van der Waals surface area contributed by atoms with Gasteiger partial charge in [0.1, 0.15) is 5.75 Å². The lowest BCUT2D eigenvalue weighted by molar-refractivity contribution is 0.0955. The molecular formula is C18H28N2O4S. The lowest BCUT2D eigenvalue weighted by atomic mass is 9.95. The third-order valence-electron chi connectivity index (χ3n) is 4.63. The SMILES string of the molecule is CCN(C1CCCCC1)S(=O)(=O)CCNC(=O)c1cccc(OC)c1. The molecule has 0 bridgehead atoms. The van der Waals surface area contributed by atoms with E-state index in [0.717, 1.165) is 25.7 Å². The number of hydrogen-bond donors (Lipinski definition) is 1. The number of nitrogens with one attached hydrogen (secondary N) is 1. The molecule has 1 aromatic rings. The number of hydrogen-bond acceptors (Lipinski definition) is 4. The van der Waals surface area contributed by atoms with Crippen LogP contribution in [0, 0.1) is 0 Å². The molecule has 140 valence electrons. The van der Waals surface area contributed by atoms with Crippen LogP contribution in [0.2, 0.25) is 0 Å². The van der Waals surface area contributed by atoms with Gasteiger partial charge in [-0.15, -0.1) is 0 Å². The topological polar surface area (TPSA) is 75.7 Å². The predicted octanol–water partition coefficient (Wildman–Crippen LogP) is 2.41. The standard InChI is InChI=1S/C18H28N2O4S/c1-3-20(16-9-5-4-6-10-16)25(22,23)13-12-19-18(21)15-8-7-11-17(14-15)24-2/h7-8,11,14,16H,3-6,9-10,12-13H2,1-2H3,(H,19,21). The van der Waals surface area contributed by atoms with Gasteiger partial charge in [-0.3, -0.25) is 4.79 Å². The molecule has 0 spiro atoms. The number of rotatable bonds is 8. The fraction of sp³-hybridized carbons (Fsp3) is 0.611. The average Bonchev–Trinajstić information content (AvgIpc) is 2.62. The zero-order chi connectivity index (χ0) is 18.3. The van der Waals surface area contributed by atoms with Crippen molar-refractivity contribution in [3.8, 4) is 5.75 Å². The van der Waals surface area contributed by atoms with Crippen LogP contribution in [0.3, 0.4) is 0 Å². The Hall–Kier alpha value is -1.60. The molecule has 1 N–H and O–H groups in total. The Kier molecular flexibility index (Phi) is 7.25. The predicted molar refractivity (Wildman–Crippen MR) is 98.4 cm³/mol. The van der Waals surface area contributed by atoms with E-state index in [0.29, 0.717) is 17.9 Å². The maximum atomic E-state index is 12.6. The number of ether oxygens (including phenoxy) is 1. The molecule has 1 aliphatic carbocycles. The molecule has 1 aliphatic rings. The van der Waals surface area contributed by atoms with E-state index >= 15 is 0 Å². The Morgan fingerprint density at radius 2 is 2.00 bits per heavy atom. The van der Waals surface area contributed by atoms with Gasteiger partial charge < -0.3 is 10.1 Å². The molecule has 0 unspecified atom stereocenters. The van der Waals surface area contributed by atoms with E-state index in [4.69, 9.17) is 4.74 Å². The molecule has 1 fully saturated rings. The summed E-state index contributed by atoms with van der Waals surface area (Å²) in [4.78, 5) is 12.2. The van der Waals surface area contributed by atoms with Crippen LogP contribution in [0.4, 0.5) is 0 Å². The molecule has 0 aliphatic heterocycles. The van der Waals surface area contributed by atoms with Crippen molar-refractivity contribution in [3.05, 3.63) is 29.8 Å². The minimum absolute atomic E-state index is 0.0763. The molecule has 0 heterocycles. The van der Waals surface area contributed by atoms with Crippen LogP contribution in [0.1, 0.15) is 49.4 Å². The Morgan fingerprint density at radius 1 is 1.28 bits per heavy atom. The van der Waals surface area contributed by atoms with Crippen LogP contribution in [-0.2, 0) is 10.0 Å². The highest BCUT2D eigenvalue weighted by molar-refractivity contribution is 7.89. The van der Waals surface area contributed by atoms with E-state index in [2.05, 4.69) is 5.32 Å². The minimum atomic E-state index is -3.37. The average molecular weight is 368 g/mol. The van der Waals surface area contributed by atoms with Crippen molar-refractivity contribution in [2.24, 2.45) is 0 Å². The van der Waals surface area contributed by atoms with Crippen LogP contribution < -0.4 is 10.1 Å². The summed E-state index contributed by atoms with van der Waals surface area (Å²) < 4.78 is 32.0. The Bertz CT molecular complexity index is 669. The molecule has 1 amide bonds. The Morgan fingerprint density at radius 3 is 2.64 bits per heavy atom. The van der Waals surface area contributed by atoms with E-state index < -0.39 is 10.0 Å². The first-order chi connectivity index (χ1) is 12.0. The monoisotopic (exact) mass is 368 g/mol. The Labute approximate surface area is 150 Å². The summed E-state index contributed by atoms with van der Waals surface area (Å²) in [5.41, 5.74) is 0.455. The van der Waals surface area contributed by atoms with E-state index in [1.54, 1.807) is 28.6 Å². The molecule has 25 heavy (non-hydrogen) atoms. The summed E-state index contributed by atoms with van der Waals surface area (Å²) in [5.74, 6) is 0.220. The van der Waals surface area contributed by atoms with Gasteiger partial charge in [-0.1, -0.05) is 32.3 Å². The number of nitrogens with zero attached hydrogens (tertiary/aromatic N) is 1. The minimum Gasteiger partial charge on any atom is -0.497 e. The van der Waals surface area contributed by atoms with Crippen molar-refractivity contribution in [1.82, 2.24) is 9.62 Å². The van der Waals surface area contributed by atoms with Gasteiger partial charge in [-0.05, 0) is 31.0 Å². The number of methoxy groups -OCH3 is 1. The fourth-order valence-corrected chi connectivity index (χ4v) is 4.98. The van der Waals surface area contributed by atoms with Crippen molar-refractivity contribution in [3.63, 3.8) is 0 Å². The summed E-state index contributed by atoms with van der Waals surface area (Å²) in [5, 5.41) is 2.69. The molecule has 7 heteroatoms. The smallest absolute Gasteiger partial charge is 0.251 e. The normalized spacial score (nSPS) is 16.0. The second-order valence-corrected chi connectivity index (χ2v) is 8.34. The highest BCUT2D eigenvalue weighted by Crippen LogP contribution is 2.24. The molecular weight excluding hydrogens is 340 g/mol. The summed E-state index contributed by atoms with van der Waals surface area (Å²) in [6, 6.07) is 6.89. The number of benzene rings is 1. The summed E-state index contributed by atoms with van der Waals surface area (Å²) in [6.45, 7) is 2.46. The van der Waals surface area contributed by atoms with E-state index in [1.165, 1.54) is 13.5 Å². The van der Waals surface area contributed by atoms with Crippen LogP contribution in [0.5, 0.6) is 5.75 Å². The van der Waals surface area contributed by atoms with Crippen molar-refractivity contribution in [2.45, 2.75) is 45.1 Å². The van der Waals surface area contributed by atoms with Gasteiger partial charge in [0.2, 0.25) is 10.0 Å². The first-order valence-electron chi connectivity index (χ1n) is 8.89. The lowest BCUT2D eigenvalue weighted by Gasteiger charge is -2.32. The maximum Gasteiger partial charge on any atom is 0.251 e. The van der Waals surface area contributed by atoms with E-state index in [-0.39, 0.29) is 24.2 Å². The van der Waals surface area contributed by atoms with Gasteiger partial charge in [0.05, 0.1) is 12.9 Å². The molecule has 1 aromatic carbocycles. The zero-order valence-electron chi connectivity index (χ0n) is 15.0. The van der Waals surface area contributed by atoms with Gasteiger partial charge in [0.25, 0.3) is 5.91 Å². The third-order valence-corrected chi connectivity index (χ3v) is 6.62. The van der Waals surface area contributed by atoms with Gasteiger partial charge in [-0.25, -0.2) is 8.42 Å². The van der Waals surface area contributed by atoms with Crippen LogP contribution in [0.15, 0.2) is 24.3 Å². The molecule has 1 saturated carbocycles. The van der Waals surface area contributed by atoms with E-state index in [9.17, 15) is 13.2 Å². The molecule has 0 atom stereocenters. The molecule has 0 radical (unpaired) electrons. The molecule has 2 rings (SSSR count). The van der Waals surface area contributed by atoms with Crippen molar-refractivity contribution < 1.29 is 17.9 Å². The van der Waals surface area contributed by atoms with Crippen molar-refractivity contribution in [2.75, 3.05) is 26.0 Å². The van der Waals surface area contributed by atoms with Crippen LogP contribution >= 0.6 is 0 Å². The van der Waals surface area contributed by atoms with Crippen molar-refractivity contribution >= 4 is 15.9 Å². The summed E-state index contributed by atoms with van der Waals surface area (Å²) in [7, 11) is -1.83. The maximum absolute atomic E-state index is 12.6. The summed E-state index contributed by atoms with van der Waals surface area (Å²) >= 11 is 0. The van der Waals surface area contributed by atoms with Crippen LogP contribution in [-0.4, -0.2) is 50.6 Å². The zero-order valence-corrected chi connectivity index (χ0v) is 15.8. The van der Waals surface area contributed by atoms with Crippen LogP contribution in [0.25, 0.3) is 0 Å². The number of carbonyl (C=O) groups is 1. The number of amides is 1. The first-order valence-corrected chi connectivity index (χ1v) is 10.5. The second-order valence-electron chi connectivity index (χ2n) is 6.30. The quantitative estimate of drug-likeness (QED) is 0.764. The largest absolute Gasteiger partial charge is 0.497 e. The highest BCUT2D eigenvalue weighted by atomic mass is 32.2. The first kappa shape index (κ1) is 19.7. The van der Waals surface area contributed by atoms with E-state index in [1.807, 2.05) is 6.92 Å². The Balaban J connectivity index is 1.90. The molecule has 0 aromatic heterocycles. The number of carbonyl (C=O) groups excluding carboxylic acids is 1.